The number of hydrogen-bond donors (Lipinski definition) is 1. The molecule has 2 rings (SSSR count). The molecule has 0 amide bonds. The van der Waals surface area contributed by atoms with Crippen LogP contribution in [0.25, 0.3) is 0 Å². The van der Waals surface area contributed by atoms with Crippen LogP contribution in [0.3, 0.4) is 0 Å². The molecule has 2 heterocycles. The number of sulfonamides is 1. The second kappa shape index (κ2) is 5.92. The molecule has 0 bridgehead atoms. The minimum Gasteiger partial charge on any atom is -0.389 e. The SMILES string of the molecule is CC1(C)CCN(S(=O)(=O)c2ccc(C(N)=S)s2)CCS1. The zero-order valence-corrected chi connectivity index (χ0v) is 14.7. The monoisotopic (exact) mass is 350 g/mol. The highest BCUT2D eigenvalue weighted by Gasteiger charge is 2.31. The van der Waals surface area contributed by atoms with Gasteiger partial charge in [-0.3, -0.25) is 0 Å². The molecule has 4 nitrogen and oxygen atoms in total. The van der Waals surface area contributed by atoms with Crippen molar-refractivity contribution < 1.29 is 8.42 Å². The first-order valence-corrected chi connectivity index (χ1v) is 9.91. The van der Waals surface area contributed by atoms with E-state index in [0.717, 1.165) is 23.5 Å². The number of nitrogens with two attached hydrogens (primary N) is 1. The van der Waals surface area contributed by atoms with E-state index in [4.69, 9.17) is 18.0 Å². The maximum absolute atomic E-state index is 12.6. The number of thiophene rings is 1. The van der Waals surface area contributed by atoms with Gasteiger partial charge in [-0.25, -0.2) is 8.42 Å². The molecule has 8 heteroatoms. The van der Waals surface area contributed by atoms with Gasteiger partial charge in [0.1, 0.15) is 9.20 Å². The van der Waals surface area contributed by atoms with E-state index < -0.39 is 10.0 Å². The van der Waals surface area contributed by atoms with Gasteiger partial charge in [0.15, 0.2) is 0 Å². The molecule has 0 aromatic carbocycles. The average Bonchev–Trinajstić information content (AvgIpc) is 2.76. The van der Waals surface area contributed by atoms with Crippen LogP contribution in [0, 0.1) is 0 Å². The van der Waals surface area contributed by atoms with Crippen LogP contribution in [-0.2, 0) is 10.0 Å². The summed E-state index contributed by atoms with van der Waals surface area (Å²) in [7, 11) is -3.42. The Balaban J connectivity index is 2.23. The van der Waals surface area contributed by atoms with Gasteiger partial charge in [-0.05, 0) is 18.6 Å². The Kier molecular flexibility index (Phi) is 4.80. The molecule has 112 valence electrons. The van der Waals surface area contributed by atoms with Crippen LogP contribution < -0.4 is 5.73 Å². The largest absolute Gasteiger partial charge is 0.389 e. The first kappa shape index (κ1) is 16.2. The highest BCUT2D eigenvalue weighted by atomic mass is 32.2. The summed E-state index contributed by atoms with van der Waals surface area (Å²) in [6.45, 7) is 5.42. The molecule has 1 saturated heterocycles. The van der Waals surface area contributed by atoms with E-state index in [9.17, 15) is 8.42 Å². The van der Waals surface area contributed by atoms with Crippen molar-refractivity contribution in [1.29, 1.82) is 0 Å². The number of thioether (sulfide) groups is 1. The third kappa shape index (κ3) is 3.54. The van der Waals surface area contributed by atoms with Crippen molar-refractivity contribution in [2.45, 2.75) is 29.2 Å². The average molecular weight is 351 g/mol. The molecular formula is C12H18N2O2S4. The molecule has 2 N–H and O–H groups in total. The zero-order valence-electron chi connectivity index (χ0n) is 11.5. The lowest BCUT2D eigenvalue weighted by molar-refractivity contribution is 0.416. The third-order valence-electron chi connectivity index (χ3n) is 3.22. The fourth-order valence-electron chi connectivity index (χ4n) is 1.96. The Morgan fingerprint density at radius 3 is 2.70 bits per heavy atom. The van der Waals surface area contributed by atoms with Gasteiger partial charge in [-0.2, -0.15) is 16.1 Å². The fourth-order valence-corrected chi connectivity index (χ4v) is 6.12. The zero-order chi connectivity index (χ0) is 15.0. The molecule has 0 spiro atoms. The van der Waals surface area contributed by atoms with Gasteiger partial charge in [0, 0.05) is 23.6 Å². The van der Waals surface area contributed by atoms with Gasteiger partial charge in [0.25, 0.3) is 10.0 Å². The lowest BCUT2D eigenvalue weighted by Crippen LogP contribution is -2.33. The van der Waals surface area contributed by atoms with Crippen LogP contribution in [0.15, 0.2) is 16.3 Å². The van der Waals surface area contributed by atoms with Crippen LogP contribution in [0.4, 0.5) is 0 Å². The van der Waals surface area contributed by atoms with E-state index in [1.54, 1.807) is 16.4 Å². The first-order valence-electron chi connectivity index (χ1n) is 6.26. The van der Waals surface area contributed by atoms with Crippen LogP contribution in [0.2, 0.25) is 0 Å². The summed E-state index contributed by atoms with van der Waals surface area (Å²) in [4.78, 5) is 0.882. The predicted molar refractivity (Wildman–Crippen MR) is 90.1 cm³/mol. The number of thiocarbonyl (C=S) groups is 1. The first-order chi connectivity index (χ1) is 9.22. The maximum Gasteiger partial charge on any atom is 0.252 e. The summed E-state index contributed by atoms with van der Waals surface area (Å²) >= 11 is 7.85. The van der Waals surface area contributed by atoms with E-state index in [0.29, 0.717) is 22.2 Å². The van der Waals surface area contributed by atoms with Gasteiger partial charge in [-0.15, -0.1) is 11.3 Å². The predicted octanol–water partition coefficient (Wildman–Crippen LogP) is 2.29. The number of nitrogens with zero attached hydrogens (tertiary/aromatic N) is 1. The summed E-state index contributed by atoms with van der Waals surface area (Å²) < 4.78 is 27.3. The summed E-state index contributed by atoms with van der Waals surface area (Å²) in [5, 5.41) is 0. The fraction of sp³-hybridized carbons (Fsp3) is 0.583. The molecular weight excluding hydrogens is 332 g/mol. The molecule has 1 aromatic heterocycles. The maximum atomic E-state index is 12.6. The van der Waals surface area contributed by atoms with Gasteiger partial charge in [0.2, 0.25) is 0 Å². The molecule has 1 aromatic rings. The third-order valence-corrected chi connectivity index (χ3v) is 8.42. The van der Waals surface area contributed by atoms with Crippen LogP contribution in [0.5, 0.6) is 0 Å². The van der Waals surface area contributed by atoms with E-state index >= 15 is 0 Å². The van der Waals surface area contributed by atoms with E-state index in [2.05, 4.69) is 13.8 Å². The lowest BCUT2D eigenvalue weighted by Gasteiger charge is -2.22. The van der Waals surface area contributed by atoms with Crippen LogP contribution in [-0.4, -0.2) is 41.3 Å². The van der Waals surface area contributed by atoms with Crippen molar-refractivity contribution >= 4 is 50.3 Å². The van der Waals surface area contributed by atoms with E-state index in [-0.39, 0.29) is 9.74 Å². The number of rotatable bonds is 3. The van der Waals surface area contributed by atoms with Gasteiger partial charge >= 0.3 is 0 Å². The van der Waals surface area contributed by atoms with Gasteiger partial charge < -0.3 is 5.73 Å². The van der Waals surface area contributed by atoms with Crippen molar-refractivity contribution in [3.63, 3.8) is 0 Å². The number of hydrogen-bond acceptors (Lipinski definition) is 5. The highest BCUT2D eigenvalue weighted by Crippen LogP contribution is 2.33. The Bertz CT molecular complexity index is 607. The summed E-state index contributed by atoms with van der Waals surface area (Å²) in [5.74, 6) is 0.819. The van der Waals surface area contributed by atoms with Crippen molar-refractivity contribution in [3.05, 3.63) is 17.0 Å². The second-order valence-corrected chi connectivity index (χ2v) is 10.7. The molecule has 1 aliphatic heterocycles. The molecule has 0 atom stereocenters. The second-order valence-electron chi connectivity index (χ2n) is 5.25. The molecule has 0 aliphatic carbocycles. The Morgan fingerprint density at radius 2 is 2.10 bits per heavy atom. The van der Waals surface area contributed by atoms with Crippen molar-refractivity contribution in [1.82, 2.24) is 4.31 Å². The molecule has 0 saturated carbocycles. The van der Waals surface area contributed by atoms with E-state index in [1.807, 2.05) is 11.8 Å². The molecule has 1 aliphatic rings. The van der Waals surface area contributed by atoms with E-state index in [1.165, 1.54) is 0 Å². The van der Waals surface area contributed by atoms with Gasteiger partial charge in [0.05, 0.1) is 4.88 Å². The normalized spacial score (nSPS) is 20.5. The summed E-state index contributed by atoms with van der Waals surface area (Å²) in [6.07, 6.45) is 0.852. The molecule has 0 radical (unpaired) electrons. The Morgan fingerprint density at radius 1 is 1.40 bits per heavy atom. The van der Waals surface area contributed by atoms with Crippen molar-refractivity contribution in [2.24, 2.45) is 5.73 Å². The highest BCUT2D eigenvalue weighted by molar-refractivity contribution is 8.00. The standard InChI is InChI=1S/C12H18N2O2S4/c1-12(2)5-6-14(7-8-18-12)20(15,16)10-4-3-9(19-10)11(13)17/h3-4H,5-8H2,1-2H3,(H2,13,17). The lowest BCUT2D eigenvalue weighted by atomic mass is 10.1. The Labute approximate surface area is 133 Å². The minimum absolute atomic E-state index is 0.129. The summed E-state index contributed by atoms with van der Waals surface area (Å²) in [5.41, 5.74) is 5.54. The van der Waals surface area contributed by atoms with Gasteiger partial charge in [-0.1, -0.05) is 26.1 Å². The topological polar surface area (TPSA) is 63.4 Å². The van der Waals surface area contributed by atoms with Crippen LogP contribution >= 0.6 is 35.3 Å². The Hall–Kier alpha value is -0.150. The van der Waals surface area contributed by atoms with Crippen molar-refractivity contribution in [3.8, 4) is 0 Å². The van der Waals surface area contributed by atoms with Crippen molar-refractivity contribution in [2.75, 3.05) is 18.8 Å². The molecule has 1 fully saturated rings. The van der Waals surface area contributed by atoms with Crippen LogP contribution in [0.1, 0.15) is 25.1 Å². The quantitative estimate of drug-likeness (QED) is 0.848. The molecule has 0 unspecified atom stereocenters. The smallest absolute Gasteiger partial charge is 0.252 e. The minimum atomic E-state index is -3.42. The summed E-state index contributed by atoms with van der Waals surface area (Å²) in [6, 6.07) is 3.27. The molecule has 20 heavy (non-hydrogen) atoms.